The Kier molecular flexibility index (Phi) is 1.92. The van der Waals surface area contributed by atoms with Crippen molar-refractivity contribution in [1.82, 2.24) is 5.32 Å². The van der Waals surface area contributed by atoms with E-state index in [1.54, 1.807) is 19.3 Å². The van der Waals surface area contributed by atoms with Crippen LogP contribution in [0.1, 0.15) is 51.4 Å². The number of hydrogen-bond acceptors (Lipinski definition) is 1. The molecule has 1 heterocycles. The average Bonchev–Trinajstić information content (AvgIpc) is 2.66. The van der Waals surface area contributed by atoms with Crippen molar-refractivity contribution in [2.45, 2.75) is 56.9 Å². The Morgan fingerprint density at radius 2 is 1.62 bits per heavy atom. The summed E-state index contributed by atoms with van der Waals surface area (Å²) in [7, 11) is 0. The van der Waals surface area contributed by atoms with E-state index >= 15 is 0 Å². The van der Waals surface area contributed by atoms with Crippen molar-refractivity contribution in [2.75, 3.05) is 6.54 Å². The zero-order valence-electron chi connectivity index (χ0n) is 10.1. The fraction of sp³-hybridized carbons (Fsp3) is 0.929. The molecule has 0 aromatic carbocycles. The molecule has 0 unspecified atom stereocenters. The van der Waals surface area contributed by atoms with E-state index < -0.39 is 0 Å². The highest BCUT2D eigenvalue weighted by Crippen LogP contribution is 2.55. The highest BCUT2D eigenvalue weighted by Gasteiger charge is 2.53. The van der Waals surface area contributed by atoms with Gasteiger partial charge in [0.05, 0.1) is 13.0 Å². The second kappa shape index (κ2) is 3.24. The van der Waals surface area contributed by atoms with Gasteiger partial charge in [0.2, 0.25) is 5.84 Å². The smallest absolute Gasteiger partial charge is 0.243 e. The first-order chi connectivity index (χ1) is 7.81. The molecule has 0 spiro atoms. The molecule has 0 aromatic heterocycles. The molecule has 0 aromatic rings. The third-order valence-electron chi connectivity index (χ3n) is 5.40. The molecule has 0 atom stereocenters. The van der Waals surface area contributed by atoms with Gasteiger partial charge in [0.25, 0.3) is 0 Å². The normalized spacial score (nSPS) is 49.5. The van der Waals surface area contributed by atoms with Gasteiger partial charge in [-0.3, -0.25) is 10.3 Å². The highest BCUT2D eigenvalue weighted by atomic mass is 15.1. The predicted molar refractivity (Wildman–Crippen MR) is 64.1 cm³/mol. The molecule has 4 saturated carbocycles. The molecule has 2 N–H and O–H groups in total. The molecule has 0 saturated heterocycles. The Bertz CT molecular complexity index is 296. The largest absolute Gasteiger partial charge is 0.279 e. The van der Waals surface area contributed by atoms with Crippen molar-refractivity contribution >= 4 is 5.84 Å². The molecule has 5 aliphatic rings. The molecular weight excluding hydrogens is 196 g/mol. The van der Waals surface area contributed by atoms with Crippen LogP contribution in [0.2, 0.25) is 0 Å². The average molecular weight is 219 g/mol. The second-order valence-corrected chi connectivity index (χ2v) is 6.83. The zero-order chi connectivity index (χ0) is 10.6. The molecule has 0 radical (unpaired) electrons. The Balaban J connectivity index is 1.57. The van der Waals surface area contributed by atoms with Crippen LogP contribution in [0.15, 0.2) is 0 Å². The molecule has 5 rings (SSSR count). The first-order valence-corrected chi connectivity index (χ1v) is 7.19. The zero-order valence-corrected chi connectivity index (χ0v) is 10.1. The molecule has 0 amide bonds. The van der Waals surface area contributed by atoms with Crippen molar-refractivity contribution in [3.05, 3.63) is 0 Å². The molecule has 4 bridgehead atoms. The maximum absolute atomic E-state index is 3.93. The van der Waals surface area contributed by atoms with Crippen LogP contribution in [0.4, 0.5) is 0 Å². The van der Waals surface area contributed by atoms with Crippen LogP contribution in [-0.2, 0) is 0 Å². The molecule has 1 aliphatic heterocycles. The summed E-state index contributed by atoms with van der Waals surface area (Å²) in [6, 6.07) is 0. The van der Waals surface area contributed by atoms with Gasteiger partial charge in [0, 0.05) is 0 Å². The lowest BCUT2D eigenvalue weighted by molar-refractivity contribution is -0.449. The molecular formula is C14H23N2+. The van der Waals surface area contributed by atoms with E-state index in [2.05, 4.69) is 10.3 Å². The SMILES string of the molecule is C1C[NH+]=C(NC23CC4CC(CC(C4)C2)C3)C1. The van der Waals surface area contributed by atoms with Gasteiger partial charge in [-0.25, -0.2) is 0 Å². The number of amidine groups is 1. The van der Waals surface area contributed by atoms with Gasteiger partial charge in [0.1, 0.15) is 5.54 Å². The lowest BCUT2D eigenvalue weighted by atomic mass is 9.53. The Labute approximate surface area is 97.9 Å². The van der Waals surface area contributed by atoms with Gasteiger partial charge >= 0.3 is 0 Å². The Hall–Kier alpha value is -0.530. The van der Waals surface area contributed by atoms with Gasteiger partial charge in [-0.1, -0.05) is 0 Å². The lowest BCUT2D eigenvalue weighted by Gasteiger charge is -2.54. The summed E-state index contributed by atoms with van der Waals surface area (Å²) in [6.07, 6.45) is 11.6. The van der Waals surface area contributed by atoms with Crippen LogP contribution in [0.3, 0.4) is 0 Å². The summed E-state index contributed by atoms with van der Waals surface area (Å²) >= 11 is 0. The number of nitrogens with one attached hydrogen (secondary N) is 2. The Morgan fingerprint density at radius 1 is 1.00 bits per heavy atom. The number of hydrogen-bond donors (Lipinski definition) is 2. The molecule has 2 heteroatoms. The minimum atomic E-state index is 0.515. The third-order valence-corrected chi connectivity index (χ3v) is 5.40. The molecule has 88 valence electrons. The molecule has 16 heavy (non-hydrogen) atoms. The maximum atomic E-state index is 3.93. The van der Waals surface area contributed by atoms with Gasteiger partial charge in [0.15, 0.2) is 0 Å². The Morgan fingerprint density at radius 3 is 2.12 bits per heavy atom. The summed E-state index contributed by atoms with van der Waals surface area (Å²) in [5.41, 5.74) is 0.515. The second-order valence-electron chi connectivity index (χ2n) is 6.83. The predicted octanol–water partition coefficient (Wildman–Crippen LogP) is 0.818. The highest BCUT2D eigenvalue weighted by molar-refractivity contribution is 5.78. The molecule has 2 nitrogen and oxygen atoms in total. The van der Waals surface area contributed by atoms with Crippen molar-refractivity contribution in [3.8, 4) is 0 Å². The van der Waals surface area contributed by atoms with Gasteiger partial charge in [-0.05, 0) is 62.7 Å². The monoisotopic (exact) mass is 219 g/mol. The van der Waals surface area contributed by atoms with E-state index in [4.69, 9.17) is 0 Å². The van der Waals surface area contributed by atoms with Crippen molar-refractivity contribution in [1.29, 1.82) is 0 Å². The van der Waals surface area contributed by atoms with Crippen molar-refractivity contribution < 1.29 is 4.99 Å². The summed E-state index contributed by atoms with van der Waals surface area (Å²) in [4.78, 5) is 3.54. The van der Waals surface area contributed by atoms with Crippen molar-refractivity contribution in [2.24, 2.45) is 17.8 Å². The van der Waals surface area contributed by atoms with Crippen LogP contribution in [0, 0.1) is 17.8 Å². The summed E-state index contributed by atoms with van der Waals surface area (Å²) in [6.45, 7) is 1.19. The molecule has 4 aliphatic carbocycles. The van der Waals surface area contributed by atoms with Crippen LogP contribution in [-0.4, -0.2) is 17.9 Å². The fourth-order valence-electron chi connectivity index (χ4n) is 5.28. The molecule has 4 fully saturated rings. The standard InChI is InChI=1S/C14H22N2/c1-2-13(15-3-1)16-14-7-10-4-11(8-14)6-12(5-10)9-14/h10-12H,1-9H2,(H,15,16)/p+1. The van der Waals surface area contributed by atoms with E-state index in [-0.39, 0.29) is 0 Å². The summed E-state index contributed by atoms with van der Waals surface area (Å²) in [5, 5.41) is 3.93. The minimum Gasteiger partial charge on any atom is -0.279 e. The van der Waals surface area contributed by atoms with Gasteiger partial charge < -0.3 is 0 Å². The van der Waals surface area contributed by atoms with Crippen LogP contribution in [0.5, 0.6) is 0 Å². The lowest BCUT2D eigenvalue weighted by Crippen LogP contribution is -2.75. The topological polar surface area (TPSA) is 26.0 Å². The number of rotatable bonds is 1. The minimum absolute atomic E-state index is 0.515. The van der Waals surface area contributed by atoms with Crippen LogP contribution in [0.25, 0.3) is 0 Å². The maximum Gasteiger partial charge on any atom is 0.243 e. The van der Waals surface area contributed by atoms with E-state index in [9.17, 15) is 0 Å². The first kappa shape index (κ1) is 9.49. The van der Waals surface area contributed by atoms with E-state index in [0.717, 1.165) is 17.8 Å². The quantitative estimate of drug-likeness (QED) is 0.671. The third kappa shape index (κ3) is 1.42. The van der Waals surface area contributed by atoms with E-state index in [1.165, 1.54) is 44.5 Å². The van der Waals surface area contributed by atoms with Crippen LogP contribution >= 0.6 is 0 Å². The fourth-order valence-corrected chi connectivity index (χ4v) is 5.28. The van der Waals surface area contributed by atoms with Crippen LogP contribution < -0.4 is 10.3 Å². The summed E-state index contributed by atoms with van der Waals surface area (Å²) < 4.78 is 0. The van der Waals surface area contributed by atoms with Gasteiger partial charge in [-0.15, -0.1) is 0 Å². The van der Waals surface area contributed by atoms with Crippen molar-refractivity contribution in [3.63, 3.8) is 0 Å². The first-order valence-electron chi connectivity index (χ1n) is 7.19. The van der Waals surface area contributed by atoms with E-state index in [1.807, 2.05) is 0 Å². The van der Waals surface area contributed by atoms with E-state index in [0.29, 0.717) is 5.54 Å². The van der Waals surface area contributed by atoms with Gasteiger partial charge in [-0.2, -0.15) is 0 Å². The summed E-state index contributed by atoms with van der Waals surface area (Å²) in [5.74, 6) is 4.63.